The molecule has 3 aliphatic heterocycles. The fourth-order valence-corrected chi connectivity index (χ4v) is 5.66. The minimum atomic E-state index is -0.628. The van der Waals surface area contributed by atoms with Crippen molar-refractivity contribution in [1.82, 2.24) is 9.80 Å². The summed E-state index contributed by atoms with van der Waals surface area (Å²) < 4.78 is 28.9. The zero-order valence-electron chi connectivity index (χ0n) is 26.3. The summed E-state index contributed by atoms with van der Waals surface area (Å²) in [6.07, 6.45) is 2.43. The number of Topliss-reactive ketones (excluding diaryl/α,β-unsaturated/α-hetero) is 1. The van der Waals surface area contributed by atoms with Crippen LogP contribution in [0.2, 0.25) is 0 Å². The van der Waals surface area contributed by atoms with Crippen LogP contribution in [0, 0.1) is 5.41 Å². The van der Waals surface area contributed by atoms with E-state index in [1.165, 1.54) is 4.90 Å². The van der Waals surface area contributed by atoms with Crippen LogP contribution in [-0.2, 0) is 24.4 Å². The molecule has 5 rings (SSSR count). The van der Waals surface area contributed by atoms with Crippen molar-refractivity contribution in [2.75, 3.05) is 64.9 Å². The van der Waals surface area contributed by atoms with E-state index in [2.05, 4.69) is 25.7 Å². The van der Waals surface area contributed by atoms with Gasteiger partial charge in [-0.15, -0.1) is 0 Å². The molecule has 11 heteroatoms. The molecule has 0 radical (unpaired) electrons. The number of hydrogen-bond donors (Lipinski definition) is 1. The molecule has 3 saturated heterocycles. The lowest BCUT2D eigenvalue weighted by molar-refractivity contribution is -0.0236. The Morgan fingerprint density at radius 3 is 2.26 bits per heavy atom. The number of carbonyl (C=O) groups excluding carboxylic acids is 2. The maximum Gasteiger partial charge on any atom is 0.413 e. The minimum Gasteiger partial charge on any atom is -0.494 e. The van der Waals surface area contributed by atoms with E-state index in [1.54, 1.807) is 12.0 Å². The van der Waals surface area contributed by atoms with Gasteiger partial charge in [-0.2, -0.15) is 0 Å². The van der Waals surface area contributed by atoms with E-state index in [0.29, 0.717) is 25.3 Å². The zero-order valence-corrected chi connectivity index (χ0v) is 26.3. The van der Waals surface area contributed by atoms with Gasteiger partial charge in [0.25, 0.3) is 0 Å². The van der Waals surface area contributed by atoms with Crippen LogP contribution >= 0.6 is 0 Å². The number of ether oxygens (including phenoxy) is 5. The molecule has 234 valence electrons. The SMILES string of the molecule is COc1c(N2CCOCC2)cc(C(=O)CN2CC3=CC4OCN(C(=O)OC(C)(C)C)COC4C=C3C2=N)cc1C(C)(C)C. The first kappa shape index (κ1) is 31.0. The van der Waals surface area contributed by atoms with E-state index in [4.69, 9.17) is 29.1 Å². The number of nitrogens with zero attached hydrogens (tertiary/aromatic N) is 3. The van der Waals surface area contributed by atoms with Gasteiger partial charge in [0.1, 0.15) is 42.9 Å². The topological polar surface area (TPSA) is 114 Å². The van der Waals surface area contributed by atoms with Gasteiger partial charge in [-0.25, -0.2) is 4.79 Å². The molecule has 0 bridgehead atoms. The molecular formula is C32H44N4O7. The predicted octanol–water partition coefficient (Wildman–Crippen LogP) is 4.11. The van der Waals surface area contributed by atoms with E-state index < -0.39 is 23.9 Å². The molecule has 0 saturated carbocycles. The number of anilines is 1. The standard InChI is InChI=1S/C32H44N4O7/c1-31(2,3)23-12-20(13-24(28(23)39-7)34-8-10-40-11-9-34)25(37)17-35-16-21-14-26-27(15-22(21)29(35)33)42-19-36(18-41-26)30(38)43-32(4,5)6/h12-15,26-27,33H,8-11,16-19H2,1-7H3. The minimum absolute atomic E-state index is 0.0115. The summed E-state index contributed by atoms with van der Waals surface area (Å²) in [4.78, 5) is 31.7. The molecule has 1 N–H and O–H groups in total. The molecule has 3 fully saturated rings. The summed E-state index contributed by atoms with van der Waals surface area (Å²) in [7, 11) is 1.67. The average Bonchev–Trinajstić information content (AvgIpc) is 3.10. The van der Waals surface area contributed by atoms with E-state index >= 15 is 0 Å². The molecular weight excluding hydrogens is 552 g/mol. The third-order valence-electron chi connectivity index (χ3n) is 7.89. The number of amidine groups is 1. The van der Waals surface area contributed by atoms with Gasteiger partial charge in [-0.1, -0.05) is 20.8 Å². The normalized spacial score (nSPS) is 22.8. The number of rotatable bonds is 5. The van der Waals surface area contributed by atoms with Gasteiger partial charge in [-0.3, -0.25) is 15.1 Å². The largest absolute Gasteiger partial charge is 0.494 e. The fourth-order valence-electron chi connectivity index (χ4n) is 5.66. The predicted molar refractivity (Wildman–Crippen MR) is 162 cm³/mol. The zero-order chi connectivity index (χ0) is 31.1. The first-order chi connectivity index (χ1) is 20.2. The molecule has 3 heterocycles. The number of hydrogen-bond acceptors (Lipinski definition) is 9. The van der Waals surface area contributed by atoms with Crippen LogP contribution in [0.4, 0.5) is 10.5 Å². The number of benzene rings is 1. The number of amides is 1. The van der Waals surface area contributed by atoms with Crippen LogP contribution in [-0.4, -0.2) is 105 Å². The third-order valence-corrected chi connectivity index (χ3v) is 7.89. The van der Waals surface area contributed by atoms with Crippen LogP contribution in [0.15, 0.2) is 35.4 Å². The van der Waals surface area contributed by atoms with Gasteiger partial charge in [0.15, 0.2) is 5.78 Å². The van der Waals surface area contributed by atoms with Crippen molar-refractivity contribution in [2.45, 2.75) is 64.8 Å². The van der Waals surface area contributed by atoms with E-state index in [-0.39, 0.29) is 37.0 Å². The summed E-state index contributed by atoms with van der Waals surface area (Å²) in [5, 5.41) is 8.90. The Kier molecular flexibility index (Phi) is 8.61. The molecule has 1 aromatic carbocycles. The molecule has 1 aliphatic carbocycles. The number of fused-ring (bicyclic) bond motifs is 2. The van der Waals surface area contributed by atoms with Gasteiger partial charge in [0.05, 0.1) is 32.6 Å². The van der Waals surface area contributed by atoms with E-state index in [9.17, 15) is 9.59 Å². The number of carbonyl (C=O) groups is 2. The lowest BCUT2D eigenvalue weighted by atomic mass is 9.84. The van der Waals surface area contributed by atoms with Crippen molar-refractivity contribution in [2.24, 2.45) is 0 Å². The quantitative estimate of drug-likeness (QED) is 0.502. The van der Waals surface area contributed by atoms with Gasteiger partial charge >= 0.3 is 6.09 Å². The monoisotopic (exact) mass is 596 g/mol. The summed E-state index contributed by atoms with van der Waals surface area (Å²) in [5.41, 5.74) is 3.21. The number of ketones is 1. The average molecular weight is 597 g/mol. The summed E-state index contributed by atoms with van der Waals surface area (Å²) in [6, 6.07) is 3.86. The second-order valence-electron chi connectivity index (χ2n) is 13.4. The number of nitrogens with one attached hydrogen (secondary N) is 1. The molecule has 0 spiro atoms. The summed E-state index contributed by atoms with van der Waals surface area (Å²) in [5.74, 6) is 0.986. The van der Waals surface area contributed by atoms with Crippen LogP contribution in [0.5, 0.6) is 5.75 Å². The van der Waals surface area contributed by atoms with E-state index in [1.807, 2.05) is 45.1 Å². The van der Waals surface area contributed by atoms with E-state index in [0.717, 1.165) is 41.2 Å². The molecule has 11 nitrogen and oxygen atoms in total. The van der Waals surface area contributed by atoms with Crippen molar-refractivity contribution < 1.29 is 33.3 Å². The Labute approximate surface area is 253 Å². The van der Waals surface area contributed by atoms with Gasteiger partial charge in [-0.05, 0) is 56.0 Å². The van der Waals surface area contributed by atoms with Crippen molar-refractivity contribution in [3.05, 3.63) is 46.6 Å². The maximum atomic E-state index is 13.8. The van der Waals surface area contributed by atoms with Crippen LogP contribution in [0.3, 0.4) is 0 Å². The molecule has 2 atom stereocenters. The Morgan fingerprint density at radius 2 is 1.65 bits per heavy atom. The van der Waals surface area contributed by atoms with Gasteiger partial charge in [0.2, 0.25) is 0 Å². The lowest BCUT2D eigenvalue weighted by Crippen LogP contribution is -2.38. The van der Waals surface area contributed by atoms with Crippen LogP contribution in [0.25, 0.3) is 0 Å². The molecule has 1 amide bonds. The summed E-state index contributed by atoms with van der Waals surface area (Å²) >= 11 is 0. The maximum absolute atomic E-state index is 13.8. The highest BCUT2D eigenvalue weighted by Gasteiger charge is 2.38. The van der Waals surface area contributed by atoms with Gasteiger partial charge in [0, 0.05) is 36.3 Å². The number of morpholine rings is 1. The molecule has 0 aromatic heterocycles. The highest BCUT2D eigenvalue weighted by Crippen LogP contribution is 2.41. The molecule has 4 aliphatic rings. The molecule has 2 unspecified atom stereocenters. The van der Waals surface area contributed by atoms with Crippen molar-refractivity contribution in [1.29, 1.82) is 5.41 Å². The molecule has 1 aromatic rings. The Morgan fingerprint density at radius 1 is 1.00 bits per heavy atom. The highest BCUT2D eigenvalue weighted by atomic mass is 16.6. The van der Waals surface area contributed by atoms with Crippen molar-refractivity contribution >= 4 is 23.4 Å². The smallest absolute Gasteiger partial charge is 0.413 e. The Balaban J connectivity index is 1.32. The Hall–Kier alpha value is -3.41. The number of methoxy groups -OCH3 is 1. The van der Waals surface area contributed by atoms with Crippen LogP contribution < -0.4 is 9.64 Å². The second kappa shape index (κ2) is 11.9. The molecule has 43 heavy (non-hydrogen) atoms. The first-order valence-corrected chi connectivity index (χ1v) is 14.8. The Bertz CT molecular complexity index is 1330. The summed E-state index contributed by atoms with van der Waals surface area (Å²) in [6.45, 7) is 15.0. The van der Waals surface area contributed by atoms with Crippen molar-refractivity contribution in [3.63, 3.8) is 0 Å². The highest BCUT2D eigenvalue weighted by molar-refractivity contribution is 6.08. The van der Waals surface area contributed by atoms with Crippen LogP contribution in [0.1, 0.15) is 57.5 Å². The third kappa shape index (κ3) is 6.73. The van der Waals surface area contributed by atoms with Crippen molar-refractivity contribution in [3.8, 4) is 5.75 Å². The van der Waals surface area contributed by atoms with Gasteiger partial charge < -0.3 is 33.5 Å². The number of likely N-dealkylation sites (tertiary alicyclic amines) is 1. The lowest BCUT2D eigenvalue weighted by Gasteiger charge is -2.33. The second-order valence-corrected chi connectivity index (χ2v) is 13.4. The fraction of sp³-hybridized carbons (Fsp3) is 0.594. The first-order valence-electron chi connectivity index (χ1n) is 14.8.